The van der Waals surface area contributed by atoms with Crippen LogP contribution in [0.1, 0.15) is 42.6 Å². The third kappa shape index (κ3) is 4.99. The van der Waals surface area contributed by atoms with Gasteiger partial charge in [-0.15, -0.1) is 0 Å². The van der Waals surface area contributed by atoms with Crippen molar-refractivity contribution in [2.75, 3.05) is 25.0 Å². The minimum atomic E-state index is -0.0496. The van der Waals surface area contributed by atoms with E-state index in [9.17, 15) is 9.90 Å². The smallest absolute Gasteiger partial charge is 0.253 e. The fourth-order valence-corrected chi connectivity index (χ4v) is 2.83. The van der Waals surface area contributed by atoms with E-state index in [1.54, 1.807) is 24.1 Å². The van der Waals surface area contributed by atoms with Crippen LogP contribution in [0.2, 0.25) is 0 Å². The van der Waals surface area contributed by atoms with Crippen molar-refractivity contribution in [3.63, 3.8) is 0 Å². The molecule has 0 fully saturated rings. The molecule has 0 saturated heterocycles. The van der Waals surface area contributed by atoms with Gasteiger partial charge in [0.25, 0.3) is 5.91 Å². The van der Waals surface area contributed by atoms with Crippen LogP contribution in [-0.2, 0) is 6.54 Å². The van der Waals surface area contributed by atoms with Gasteiger partial charge in [-0.05, 0) is 43.7 Å². The monoisotopic (exact) mass is 340 g/mol. The highest BCUT2D eigenvalue weighted by atomic mass is 16.3. The summed E-state index contributed by atoms with van der Waals surface area (Å²) < 4.78 is 0. The molecule has 2 aromatic carbocycles. The lowest BCUT2D eigenvalue weighted by atomic mass is 10.1. The Morgan fingerprint density at radius 1 is 1.04 bits per heavy atom. The number of phenolic OH excluding ortho intramolecular Hbond substituents is 1. The van der Waals surface area contributed by atoms with Gasteiger partial charge in [-0.25, -0.2) is 0 Å². The second kappa shape index (κ2) is 9.11. The van der Waals surface area contributed by atoms with Crippen LogP contribution in [0.4, 0.5) is 5.69 Å². The third-order valence-corrected chi connectivity index (χ3v) is 4.39. The summed E-state index contributed by atoms with van der Waals surface area (Å²) in [4.78, 5) is 16.6. The van der Waals surface area contributed by atoms with Crippen molar-refractivity contribution in [3.05, 3.63) is 59.7 Å². The third-order valence-electron chi connectivity index (χ3n) is 4.39. The molecule has 0 aromatic heterocycles. The number of para-hydroxylation sites is 1. The molecule has 0 bridgehead atoms. The van der Waals surface area contributed by atoms with Crippen molar-refractivity contribution in [2.45, 2.75) is 33.2 Å². The van der Waals surface area contributed by atoms with E-state index in [1.807, 2.05) is 36.4 Å². The molecule has 0 radical (unpaired) electrons. The number of aromatic hydroxyl groups is 1. The zero-order chi connectivity index (χ0) is 18.2. The van der Waals surface area contributed by atoms with E-state index in [1.165, 1.54) is 6.42 Å². The Morgan fingerprint density at radius 3 is 2.32 bits per heavy atom. The number of hydrogen-bond donors (Lipinski definition) is 1. The first-order valence-corrected chi connectivity index (χ1v) is 8.94. The lowest BCUT2D eigenvalue weighted by Crippen LogP contribution is -2.27. The van der Waals surface area contributed by atoms with Gasteiger partial charge in [-0.3, -0.25) is 4.79 Å². The van der Waals surface area contributed by atoms with Gasteiger partial charge < -0.3 is 14.9 Å². The molecular weight excluding hydrogens is 312 g/mol. The van der Waals surface area contributed by atoms with Crippen LogP contribution in [0.5, 0.6) is 5.75 Å². The number of carbonyl (C=O) groups is 1. The largest absolute Gasteiger partial charge is 0.508 e. The zero-order valence-corrected chi connectivity index (χ0v) is 15.4. The van der Waals surface area contributed by atoms with Gasteiger partial charge in [-0.1, -0.05) is 31.5 Å². The molecule has 0 spiro atoms. The van der Waals surface area contributed by atoms with Crippen LogP contribution in [0.25, 0.3) is 0 Å². The molecule has 0 saturated carbocycles. The number of carbonyl (C=O) groups excluding carboxylic acids is 1. The quantitative estimate of drug-likeness (QED) is 0.779. The number of phenols is 1. The van der Waals surface area contributed by atoms with Crippen molar-refractivity contribution in [2.24, 2.45) is 0 Å². The second-order valence-electron chi connectivity index (χ2n) is 6.27. The van der Waals surface area contributed by atoms with E-state index in [0.717, 1.165) is 30.8 Å². The molecule has 4 nitrogen and oxygen atoms in total. The Balaban J connectivity index is 2.05. The number of benzene rings is 2. The average Bonchev–Trinajstić information content (AvgIpc) is 2.64. The maximum Gasteiger partial charge on any atom is 0.253 e. The topological polar surface area (TPSA) is 43.8 Å². The van der Waals surface area contributed by atoms with Gasteiger partial charge in [-0.2, -0.15) is 0 Å². The normalized spacial score (nSPS) is 10.5. The fourth-order valence-electron chi connectivity index (χ4n) is 2.83. The van der Waals surface area contributed by atoms with E-state index in [0.29, 0.717) is 12.1 Å². The highest BCUT2D eigenvalue weighted by Gasteiger charge is 2.14. The van der Waals surface area contributed by atoms with Crippen LogP contribution >= 0.6 is 0 Å². The van der Waals surface area contributed by atoms with Gasteiger partial charge in [0.1, 0.15) is 5.75 Å². The van der Waals surface area contributed by atoms with Crippen LogP contribution < -0.4 is 4.90 Å². The van der Waals surface area contributed by atoms with Crippen LogP contribution in [0.15, 0.2) is 48.5 Å². The van der Waals surface area contributed by atoms with Crippen molar-refractivity contribution in [1.82, 2.24) is 4.90 Å². The first kappa shape index (κ1) is 18.8. The van der Waals surface area contributed by atoms with Gasteiger partial charge in [0.05, 0.1) is 0 Å². The molecule has 134 valence electrons. The number of unbranched alkanes of at least 4 members (excludes halogenated alkanes) is 1. The van der Waals surface area contributed by atoms with E-state index in [4.69, 9.17) is 0 Å². The number of amides is 1. The van der Waals surface area contributed by atoms with Crippen LogP contribution in [0, 0.1) is 0 Å². The number of hydrogen-bond acceptors (Lipinski definition) is 3. The Morgan fingerprint density at radius 2 is 1.72 bits per heavy atom. The molecular formula is C21H28N2O2. The lowest BCUT2D eigenvalue weighted by molar-refractivity contribution is 0.0784. The average molecular weight is 340 g/mol. The zero-order valence-electron chi connectivity index (χ0n) is 15.4. The van der Waals surface area contributed by atoms with Gasteiger partial charge in [0.2, 0.25) is 0 Å². The highest BCUT2D eigenvalue weighted by molar-refractivity contribution is 5.94. The van der Waals surface area contributed by atoms with Gasteiger partial charge >= 0.3 is 0 Å². The van der Waals surface area contributed by atoms with E-state index >= 15 is 0 Å². The molecule has 2 rings (SSSR count). The Bertz CT molecular complexity index is 683. The Kier molecular flexibility index (Phi) is 6.87. The van der Waals surface area contributed by atoms with Crippen molar-refractivity contribution in [3.8, 4) is 5.75 Å². The minimum absolute atomic E-state index is 0.0496. The van der Waals surface area contributed by atoms with E-state index < -0.39 is 0 Å². The Hall–Kier alpha value is -2.49. The van der Waals surface area contributed by atoms with Crippen molar-refractivity contribution < 1.29 is 9.90 Å². The summed E-state index contributed by atoms with van der Waals surface area (Å²) in [5.74, 6) is 0.165. The first-order valence-electron chi connectivity index (χ1n) is 8.94. The first-order chi connectivity index (χ1) is 12.1. The maximum atomic E-state index is 12.6. The second-order valence-corrected chi connectivity index (χ2v) is 6.27. The molecule has 1 N–H and O–H groups in total. The molecule has 0 aliphatic rings. The van der Waals surface area contributed by atoms with Crippen LogP contribution in [-0.4, -0.2) is 36.1 Å². The summed E-state index contributed by atoms with van der Waals surface area (Å²) in [5.41, 5.74) is 2.55. The summed E-state index contributed by atoms with van der Waals surface area (Å²) in [6, 6.07) is 14.9. The molecule has 25 heavy (non-hydrogen) atoms. The van der Waals surface area contributed by atoms with Crippen LogP contribution in [0.3, 0.4) is 0 Å². The predicted molar refractivity (Wildman–Crippen MR) is 103 cm³/mol. The number of rotatable bonds is 8. The molecule has 2 aromatic rings. The fraction of sp³-hybridized carbons (Fsp3) is 0.381. The summed E-state index contributed by atoms with van der Waals surface area (Å²) in [6.45, 7) is 6.71. The summed E-state index contributed by atoms with van der Waals surface area (Å²) >= 11 is 0. The Labute approximate surface area is 150 Å². The van der Waals surface area contributed by atoms with Crippen molar-refractivity contribution in [1.29, 1.82) is 0 Å². The molecule has 0 aliphatic heterocycles. The van der Waals surface area contributed by atoms with Gasteiger partial charge in [0, 0.05) is 43.5 Å². The number of anilines is 1. The SMILES string of the molecule is CCCCN(CC)c1ccc(C(=O)N(C)Cc2ccccc2O)cc1. The number of nitrogens with zero attached hydrogens (tertiary/aromatic N) is 2. The molecule has 0 atom stereocenters. The predicted octanol–water partition coefficient (Wildman–Crippen LogP) is 4.29. The summed E-state index contributed by atoms with van der Waals surface area (Å²) in [6.07, 6.45) is 2.34. The molecule has 0 unspecified atom stereocenters. The molecule has 0 heterocycles. The van der Waals surface area contributed by atoms with E-state index in [2.05, 4.69) is 18.7 Å². The lowest BCUT2D eigenvalue weighted by Gasteiger charge is -2.23. The van der Waals surface area contributed by atoms with Crippen molar-refractivity contribution >= 4 is 11.6 Å². The molecule has 1 amide bonds. The molecule has 4 heteroatoms. The minimum Gasteiger partial charge on any atom is -0.508 e. The van der Waals surface area contributed by atoms with Gasteiger partial charge in [0.15, 0.2) is 0 Å². The molecule has 0 aliphatic carbocycles. The highest BCUT2D eigenvalue weighted by Crippen LogP contribution is 2.20. The van der Waals surface area contributed by atoms with E-state index in [-0.39, 0.29) is 11.7 Å². The summed E-state index contributed by atoms with van der Waals surface area (Å²) in [5, 5.41) is 9.86. The summed E-state index contributed by atoms with van der Waals surface area (Å²) in [7, 11) is 1.75. The standard InChI is InChI=1S/C21H28N2O2/c1-4-6-15-23(5-2)19-13-11-17(12-14-19)21(25)22(3)16-18-9-7-8-10-20(18)24/h7-14,24H,4-6,15-16H2,1-3H3. The maximum absolute atomic E-state index is 12.6.